The maximum Gasteiger partial charge on any atom is 0.245 e. The van der Waals surface area contributed by atoms with Crippen molar-refractivity contribution in [2.75, 3.05) is 0 Å². The number of nitrogens with zero attached hydrogens (tertiary/aromatic N) is 4. The fourth-order valence-electron chi connectivity index (χ4n) is 1.38. The molecule has 0 saturated heterocycles. The summed E-state index contributed by atoms with van der Waals surface area (Å²) in [6, 6.07) is 0. The van der Waals surface area contributed by atoms with Gasteiger partial charge in [-0.05, 0) is 0 Å². The van der Waals surface area contributed by atoms with Gasteiger partial charge in [0.1, 0.15) is 24.8 Å². The number of aliphatic carboxylic acids is 2. The van der Waals surface area contributed by atoms with Crippen LogP contribution in [0.3, 0.4) is 0 Å². The molecule has 0 aromatic carbocycles. The van der Waals surface area contributed by atoms with Crippen molar-refractivity contribution in [1.29, 1.82) is 0 Å². The Kier molecular flexibility index (Phi) is 8.98. The number of hydrogen-bond acceptors (Lipinski definition) is 6. The smallest absolute Gasteiger partial charge is 0.245 e. The molecule has 0 aliphatic heterocycles. The zero-order valence-corrected chi connectivity index (χ0v) is 13.9. The highest BCUT2D eigenvalue weighted by atomic mass is 16.4. The van der Waals surface area contributed by atoms with Crippen molar-refractivity contribution in [2.45, 2.75) is 26.3 Å². The van der Waals surface area contributed by atoms with Crippen molar-refractivity contribution in [2.24, 2.45) is 14.1 Å². The van der Waals surface area contributed by atoms with Crippen molar-refractivity contribution >= 4 is 11.9 Å². The third-order valence-corrected chi connectivity index (χ3v) is 2.61. The van der Waals surface area contributed by atoms with Gasteiger partial charge in [-0.15, -0.1) is 0 Å². The Balaban J connectivity index is 0.000000340. The highest BCUT2D eigenvalue weighted by Gasteiger charge is 2.04. The molecule has 2 aromatic heterocycles. The SMILES string of the molecule is CC(O)[n+]1ccn(C)c1.CC(O)[n+]1ccn(C)c1.O=C([O-])C(=O)[O-]. The molecule has 0 radical (unpaired) electrons. The second-order valence-electron chi connectivity index (χ2n) is 4.89. The molecule has 2 heterocycles. The number of aryl methyl sites for hydroxylation is 2. The fraction of sp³-hybridized carbons (Fsp3) is 0.429. The van der Waals surface area contributed by atoms with Crippen molar-refractivity contribution in [1.82, 2.24) is 9.13 Å². The second kappa shape index (κ2) is 10.1. The second-order valence-corrected chi connectivity index (χ2v) is 4.89. The average Bonchev–Trinajstić information content (AvgIpc) is 3.09. The summed E-state index contributed by atoms with van der Waals surface area (Å²) in [7, 11) is 3.83. The number of imidazole rings is 2. The predicted molar refractivity (Wildman–Crippen MR) is 75.1 cm³/mol. The van der Waals surface area contributed by atoms with Gasteiger partial charge in [-0.25, -0.2) is 18.3 Å². The monoisotopic (exact) mass is 342 g/mol. The van der Waals surface area contributed by atoms with Gasteiger partial charge in [-0.2, -0.15) is 0 Å². The molecule has 2 unspecified atom stereocenters. The number of aliphatic hydroxyl groups is 2. The van der Waals surface area contributed by atoms with Gasteiger partial charge < -0.3 is 30.0 Å². The highest BCUT2D eigenvalue weighted by molar-refractivity contribution is 6.25. The lowest BCUT2D eigenvalue weighted by Gasteiger charge is -1.97. The lowest BCUT2D eigenvalue weighted by atomic mass is 10.6. The van der Waals surface area contributed by atoms with Crippen molar-refractivity contribution in [3.05, 3.63) is 37.4 Å². The van der Waals surface area contributed by atoms with Crippen LogP contribution >= 0.6 is 0 Å². The molecule has 2 atom stereocenters. The van der Waals surface area contributed by atoms with Gasteiger partial charge in [0, 0.05) is 13.8 Å². The maximum absolute atomic E-state index is 8.99. The molecule has 0 saturated carbocycles. The van der Waals surface area contributed by atoms with Crippen LogP contribution in [0.25, 0.3) is 0 Å². The Morgan fingerprint density at radius 3 is 1.25 bits per heavy atom. The number of aromatic nitrogens is 4. The minimum absolute atomic E-state index is 0.425. The van der Waals surface area contributed by atoms with E-state index in [1.54, 1.807) is 23.0 Å². The molecule has 0 fully saturated rings. The summed E-state index contributed by atoms with van der Waals surface area (Å²) in [5.74, 6) is -4.37. The number of rotatable bonds is 2. The minimum atomic E-state index is -2.19. The van der Waals surface area contributed by atoms with Gasteiger partial charge in [0.2, 0.25) is 12.7 Å². The molecular weight excluding hydrogens is 320 g/mol. The van der Waals surface area contributed by atoms with Crippen LogP contribution in [0.4, 0.5) is 0 Å². The molecule has 0 spiro atoms. The van der Waals surface area contributed by atoms with Crippen LogP contribution < -0.4 is 19.3 Å². The van der Waals surface area contributed by atoms with E-state index in [0.717, 1.165) is 0 Å². The molecule has 24 heavy (non-hydrogen) atoms. The first-order valence-electron chi connectivity index (χ1n) is 6.88. The van der Waals surface area contributed by atoms with E-state index in [9.17, 15) is 0 Å². The summed E-state index contributed by atoms with van der Waals surface area (Å²) in [6.45, 7) is 3.44. The Morgan fingerprint density at radius 1 is 0.875 bits per heavy atom. The van der Waals surface area contributed by atoms with Crippen LogP contribution in [0.15, 0.2) is 37.4 Å². The molecule has 2 rings (SSSR count). The van der Waals surface area contributed by atoms with Gasteiger partial charge in [-0.1, -0.05) is 0 Å². The zero-order valence-electron chi connectivity index (χ0n) is 13.9. The van der Waals surface area contributed by atoms with E-state index in [-0.39, 0.29) is 0 Å². The Labute approximate surface area is 139 Å². The van der Waals surface area contributed by atoms with Crippen LogP contribution in [0.1, 0.15) is 26.3 Å². The maximum atomic E-state index is 8.99. The van der Waals surface area contributed by atoms with Crippen molar-refractivity contribution in [3.63, 3.8) is 0 Å². The van der Waals surface area contributed by atoms with E-state index < -0.39 is 24.4 Å². The van der Waals surface area contributed by atoms with Gasteiger partial charge in [0.05, 0.1) is 26.0 Å². The average molecular weight is 342 g/mol. The first kappa shape index (κ1) is 21.3. The Bertz CT molecular complexity index is 591. The third-order valence-electron chi connectivity index (χ3n) is 2.61. The third kappa shape index (κ3) is 8.66. The van der Waals surface area contributed by atoms with Gasteiger partial charge in [-0.3, -0.25) is 0 Å². The lowest BCUT2D eigenvalue weighted by Crippen LogP contribution is -2.42. The molecule has 10 heteroatoms. The normalized spacial score (nSPS) is 12.1. The zero-order chi connectivity index (χ0) is 18.9. The van der Waals surface area contributed by atoms with E-state index in [1.807, 2.05) is 60.7 Å². The summed E-state index contributed by atoms with van der Waals surface area (Å²) < 4.78 is 7.21. The summed E-state index contributed by atoms with van der Waals surface area (Å²) in [4.78, 5) is 17.9. The van der Waals surface area contributed by atoms with Crippen LogP contribution in [0.2, 0.25) is 0 Å². The van der Waals surface area contributed by atoms with Gasteiger partial charge in [0.25, 0.3) is 0 Å². The topological polar surface area (TPSA) is 138 Å². The molecule has 2 aromatic rings. The van der Waals surface area contributed by atoms with E-state index in [1.165, 1.54) is 0 Å². The Morgan fingerprint density at radius 2 is 1.17 bits per heavy atom. The first-order chi connectivity index (χ1) is 11.0. The molecule has 2 N–H and O–H groups in total. The standard InChI is InChI=1S/2C6H11N2O.C2H2O4/c2*1-6(9)8-4-3-7(2)5-8;3-1(4)2(5)6/h2*3-6,9H,1-2H3;(H,3,4)(H,5,6)/q2*+1;/p-2. The van der Waals surface area contributed by atoms with Gasteiger partial charge >= 0.3 is 0 Å². The summed E-state index contributed by atoms with van der Waals surface area (Å²) in [6.07, 6.45) is 10.2. The molecule has 0 aliphatic carbocycles. The molecular formula is C14H22N4O6. The molecule has 0 aliphatic rings. The van der Waals surface area contributed by atoms with Crippen LogP contribution in [-0.4, -0.2) is 31.3 Å². The number of carboxylic acid groups (broad SMARTS) is 2. The van der Waals surface area contributed by atoms with E-state index in [2.05, 4.69) is 0 Å². The number of carbonyl (C=O) groups is 2. The molecule has 134 valence electrons. The lowest BCUT2D eigenvalue weighted by molar-refractivity contribution is -0.755. The largest absolute Gasteiger partial charge is 0.543 e. The molecule has 10 nitrogen and oxygen atoms in total. The minimum Gasteiger partial charge on any atom is -0.543 e. The highest BCUT2D eigenvalue weighted by Crippen LogP contribution is 1.86. The van der Waals surface area contributed by atoms with Gasteiger partial charge in [0.15, 0.2) is 12.5 Å². The summed E-state index contributed by atoms with van der Waals surface area (Å²) in [5, 5.41) is 35.8. The van der Waals surface area contributed by atoms with E-state index in [0.29, 0.717) is 0 Å². The number of hydrogen-bond donors (Lipinski definition) is 2. The molecule has 0 amide bonds. The number of aliphatic hydroxyl groups excluding tert-OH is 2. The molecule has 0 bridgehead atoms. The van der Waals surface area contributed by atoms with Crippen LogP contribution in [0.5, 0.6) is 0 Å². The van der Waals surface area contributed by atoms with Crippen LogP contribution in [-0.2, 0) is 23.7 Å². The van der Waals surface area contributed by atoms with Crippen molar-refractivity contribution < 1.29 is 39.1 Å². The fourth-order valence-corrected chi connectivity index (χ4v) is 1.38. The predicted octanol–water partition coefficient (Wildman–Crippen LogP) is -3.87. The number of carboxylic acids is 2. The summed E-state index contributed by atoms with van der Waals surface area (Å²) in [5.41, 5.74) is 0. The van der Waals surface area contributed by atoms with E-state index in [4.69, 9.17) is 30.0 Å². The quantitative estimate of drug-likeness (QED) is 0.423. The van der Waals surface area contributed by atoms with E-state index >= 15 is 0 Å². The number of carbonyl (C=O) groups excluding carboxylic acids is 2. The van der Waals surface area contributed by atoms with Crippen molar-refractivity contribution in [3.8, 4) is 0 Å². The first-order valence-corrected chi connectivity index (χ1v) is 6.88. The summed E-state index contributed by atoms with van der Waals surface area (Å²) >= 11 is 0. The Hall–Kier alpha value is -2.72. The van der Waals surface area contributed by atoms with Crippen LogP contribution in [0, 0.1) is 0 Å².